The predicted molar refractivity (Wildman–Crippen MR) is 141 cm³/mol. The number of halogens is 3. The van der Waals surface area contributed by atoms with Gasteiger partial charge in [-0.2, -0.15) is 0 Å². The highest BCUT2D eigenvalue weighted by molar-refractivity contribution is 6.35. The maximum Gasteiger partial charge on any atom is 0.251 e. The van der Waals surface area contributed by atoms with Crippen LogP contribution in [0.2, 0.25) is 15.1 Å². The molecule has 0 spiro atoms. The molecule has 4 rings (SSSR count). The van der Waals surface area contributed by atoms with E-state index >= 15 is 0 Å². The molecule has 1 amide bonds. The van der Waals surface area contributed by atoms with Gasteiger partial charge in [-0.1, -0.05) is 40.9 Å². The maximum absolute atomic E-state index is 13.1. The molecule has 1 N–H and O–H groups in total. The molecule has 184 valence electrons. The van der Waals surface area contributed by atoms with Crippen LogP contribution in [0.3, 0.4) is 0 Å². The number of hydrogen-bond acceptors (Lipinski definition) is 4. The lowest BCUT2D eigenvalue weighted by atomic mass is 9.95. The first-order valence-corrected chi connectivity index (χ1v) is 12.6. The third-order valence-corrected chi connectivity index (χ3v) is 7.22. The molecular formula is C26H26Cl3N3O3. The average molecular weight is 535 g/mol. The van der Waals surface area contributed by atoms with Crippen LogP contribution in [0, 0.1) is 11.1 Å². The minimum absolute atomic E-state index is 0.199. The van der Waals surface area contributed by atoms with Crippen molar-refractivity contribution in [2.24, 2.45) is 5.92 Å². The number of hydroxylamine groups is 2. The van der Waals surface area contributed by atoms with Gasteiger partial charge in [-0.25, -0.2) is 0 Å². The van der Waals surface area contributed by atoms with Crippen LogP contribution in [0.25, 0.3) is 0 Å². The highest BCUT2D eigenvalue weighted by Crippen LogP contribution is 2.30. The number of carbonyl (C=O) groups excluding carboxylic acids is 1. The van der Waals surface area contributed by atoms with Crippen LogP contribution in [0.4, 0.5) is 5.69 Å². The molecule has 3 aromatic rings. The first kappa shape index (κ1) is 25.7. The van der Waals surface area contributed by atoms with Crippen LogP contribution in [0.1, 0.15) is 28.8 Å². The Bertz CT molecular complexity index is 1170. The van der Waals surface area contributed by atoms with E-state index in [0.29, 0.717) is 59.0 Å². The van der Waals surface area contributed by atoms with Crippen molar-refractivity contribution >= 4 is 46.4 Å². The summed E-state index contributed by atoms with van der Waals surface area (Å²) >= 11 is 18.4. The molecule has 1 aromatic heterocycles. The molecule has 2 heterocycles. The predicted octanol–water partition coefficient (Wildman–Crippen LogP) is 6.31. The number of amides is 1. The summed E-state index contributed by atoms with van der Waals surface area (Å²) in [6.45, 7) is 1.84. The van der Waals surface area contributed by atoms with Crippen molar-refractivity contribution in [1.82, 2.24) is 14.9 Å². The molecule has 9 heteroatoms. The molecule has 1 aliphatic rings. The number of pyridine rings is 1. The number of nitrogens with one attached hydrogen (secondary N) is 1. The van der Waals surface area contributed by atoms with Gasteiger partial charge in [0.25, 0.3) is 5.91 Å². The Morgan fingerprint density at radius 2 is 1.77 bits per heavy atom. The van der Waals surface area contributed by atoms with Crippen molar-refractivity contribution in [3.63, 3.8) is 0 Å². The molecule has 35 heavy (non-hydrogen) atoms. The fourth-order valence-electron chi connectivity index (χ4n) is 4.21. The van der Waals surface area contributed by atoms with Gasteiger partial charge in [-0.05, 0) is 41.8 Å². The van der Waals surface area contributed by atoms with Crippen LogP contribution in [-0.4, -0.2) is 37.1 Å². The van der Waals surface area contributed by atoms with E-state index in [1.54, 1.807) is 54.9 Å². The van der Waals surface area contributed by atoms with E-state index < -0.39 is 0 Å². The lowest BCUT2D eigenvalue weighted by Crippen LogP contribution is -2.50. The van der Waals surface area contributed by atoms with Crippen molar-refractivity contribution in [2.45, 2.75) is 19.3 Å². The Kier molecular flexibility index (Phi) is 8.52. The number of aromatic nitrogens is 1. The molecule has 0 saturated carbocycles. The number of hydrogen-bond donors (Lipinski definition) is 1. The third-order valence-electron chi connectivity index (χ3n) is 6.32. The van der Waals surface area contributed by atoms with E-state index in [1.165, 1.54) is 0 Å². The molecule has 1 saturated heterocycles. The van der Waals surface area contributed by atoms with Gasteiger partial charge in [0.05, 0.1) is 24.7 Å². The summed E-state index contributed by atoms with van der Waals surface area (Å²) in [6, 6.07) is 13.9. The van der Waals surface area contributed by atoms with E-state index in [1.807, 2.05) is 6.07 Å². The van der Waals surface area contributed by atoms with Gasteiger partial charge in [0.1, 0.15) is 11.4 Å². The Hall–Kier alpha value is -2.35. The van der Waals surface area contributed by atoms with Crippen LogP contribution in [0.15, 0.2) is 60.9 Å². The summed E-state index contributed by atoms with van der Waals surface area (Å²) in [4.78, 5) is 16.7. The molecule has 2 aromatic carbocycles. The molecule has 1 aliphatic heterocycles. The van der Waals surface area contributed by atoms with E-state index in [2.05, 4.69) is 10.3 Å². The zero-order valence-corrected chi connectivity index (χ0v) is 21.3. The van der Waals surface area contributed by atoms with Gasteiger partial charge >= 0.3 is 0 Å². The average Bonchev–Trinajstić information content (AvgIpc) is 2.86. The first-order chi connectivity index (χ1) is 16.8. The van der Waals surface area contributed by atoms with Crippen LogP contribution < -0.4 is 14.7 Å². The topological polar surface area (TPSA) is 74.3 Å². The van der Waals surface area contributed by atoms with Crippen molar-refractivity contribution in [1.29, 1.82) is 0 Å². The Labute approximate surface area is 219 Å². The van der Waals surface area contributed by atoms with Gasteiger partial charge in [0.15, 0.2) is 0 Å². The summed E-state index contributed by atoms with van der Waals surface area (Å²) < 4.78 is 5.49. The zero-order chi connectivity index (χ0) is 24.8. The van der Waals surface area contributed by atoms with Crippen LogP contribution in [0.5, 0.6) is 5.75 Å². The largest absolute Gasteiger partial charge is 0.627 e. The molecule has 0 atom stereocenters. The smallest absolute Gasteiger partial charge is 0.251 e. The van der Waals surface area contributed by atoms with Crippen LogP contribution >= 0.6 is 34.8 Å². The third kappa shape index (κ3) is 6.66. The second kappa shape index (κ2) is 11.6. The van der Waals surface area contributed by atoms with Gasteiger partial charge in [0.2, 0.25) is 0 Å². The fourth-order valence-corrected chi connectivity index (χ4v) is 4.88. The SMILES string of the molecule is O=C(NCC1CC[N+]([O-])(c2ccncc2)CC1)c1ccc(Cl)c(OCCc2ccc(Cl)cc2Cl)c1. The number of ether oxygens (including phenoxy) is 1. The molecule has 6 nitrogen and oxygen atoms in total. The van der Waals surface area contributed by atoms with Crippen molar-refractivity contribution in [3.05, 3.63) is 92.3 Å². The minimum atomic E-state index is -0.341. The van der Waals surface area contributed by atoms with E-state index in [4.69, 9.17) is 39.5 Å². The quantitative estimate of drug-likeness (QED) is 0.271. The highest BCUT2D eigenvalue weighted by atomic mass is 35.5. The standard InChI is InChI=1S/C26H26Cl3N3O3/c27-21-3-1-19(24(29)16-21)9-14-35-25-15-20(2-4-23(25)28)26(33)31-17-18-7-12-32(34,13-8-18)22-5-10-30-11-6-22/h1-6,10-11,15-16,18H,7-9,12-14,17H2,(H,31,33). The monoisotopic (exact) mass is 533 g/mol. The molecule has 0 aliphatic carbocycles. The van der Waals surface area contributed by atoms with E-state index in [9.17, 15) is 10.0 Å². The van der Waals surface area contributed by atoms with Crippen molar-refractivity contribution in [2.75, 3.05) is 26.2 Å². The number of benzene rings is 2. The zero-order valence-electron chi connectivity index (χ0n) is 19.1. The highest BCUT2D eigenvalue weighted by Gasteiger charge is 2.29. The summed E-state index contributed by atoms with van der Waals surface area (Å²) in [7, 11) is 0. The Morgan fingerprint density at radius 1 is 1.03 bits per heavy atom. The molecule has 0 radical (unpaired) electrons. The number of nitrogens with zero attached hydrogens (tertiary/aromatic N) is 2. The minimum Gasteiger partial charge on any atom is -0.627 e. The first-order valence-electron chi connectivity index (χ1n) is 11.5. The number of rotatable bonds is 8. The second-order valence-corrected chi connectivity index (χ2v) is 9.93. The van der Waals surface area contributed by atoms with Crippen LogP contribution in [-0.2, 0) is 6.42 Å². The second-order valence-electron chi connectivity index (χ2n) is 8.67. The van der Waals surface area contributed by atoms with E-state index in [-0.39, 0.29) is 16.5 Å². The number of piperidine rings is 1. The van der Waals surface area contributed by atoms with E-state index in [0.717, 1.165) is 24.1 Å². The number of quaternary nitrogens is 1. The van der Waals surface area contributed by atoms with Gasteiger partial charge in [-0.3, -0.25) is 9.78 Å². The van der Waals surface area contributed by atoms with Gasteiger partial charge in [-0.15, -0.1) is 0 Å². The van der Waals surface area contributed by atoms with Gasteiger partial charge < -0.3 is 19.9 Å². The molecule has 1 fully saturated rings. The summed E-state index contributed by atoms with van der Waals surface area (Å²) in [5, 5.41) is 17.7. The fraction of sp³-hybridized carbons (Fsp3) is 0.308. The summed E-state index contributed by atoms with van der Waals surface area (Å²) in [5.74, 6) is 0.496. The number of carbonyl (C=O) groups is 1. The Morgan fingerprint density at radius 3 is 2.49 bits per heavy atom. The lowest BCUT2D eigenvalue weighted by molar-refractivity contribution is 0.0940. The Balaban J connectivity index is 1.28. The van der Waals surface area contributed by atoms with Gasteiger partial charge in [0, 0.05) is 65.9 Å². The molecule has 0 unspecified atom stereocenters. The summed E-state index contributed by atoms with van der Waals surface area (Å²) in [6.07, 6.45) is 5.36. The molecular weight excluding hydrogens is 509 g/mol. The summed E-state index contributed by atoms with van der Waals surface area (Å²) in [5.41, 5.74) is 2.11. The van der Waals surface area contributed by atoms with Crippen molar-refractivity contribution in [3.8, 4) is 5.75 Å². The lowest BCUT2D eigenvalue weighted by Gasteiger charge is -2.46. The maximum atomic E-state index is 13.1. The normalized spacial score (nSPS) is 19.8. The van der Waals surface area contributed by atoms with Crippen molar-refractivity contribution < 1.29 is 9.53 Å². The molecule has 0 bridgehead atoms.